The van der Waals surface area contributed by atoms with Crippen molar-refractivity contribution in [2.75, 3.05) is 5.01 Å². The highest BCUT2D eigenvalue weighted by Gasteiger charge is 2.31. The molecule has 19 heavy (non-hydrogen) atoms. The summed E-state index contributed by atoms with van der Waals surface area (Å²) in [6.07, 6.45) is 0. The lowest BCUT2D eigenvalue weighted by Gasteiger charge is -2.11. The molecule has 92 valence electrons. The van der Waals surface area contributed by atoms with Crippen LogP contribution >= 0.6 is 11.6 Å². The van der Waals surface area contributed by atoms with Gasteiger partial charge in [0.1, 0.15) is 17.7 Å². The van der Waals surface area contributed by atoms with E-state index in [2.05, 4.69) is 5.10 Å². The maximum Gasteiger partial charge on any atom is 0.282 e. The van der Waals surface area contributed by atoms with Crippen LogP contribution in [0.5, 0.6) is 0 Å². The number of allylic oxidation sites excluding steroid dienone is 1. The molecular formula is C13H7ClN4O. The summed E-state index contributed by atoms with van der Waals surface area (Å²) in [6, 6.07) is 9.95. The third-order valence-corrected chi connectivity index (χ3v) is 2.81. The molecule has 1 amide bonds. The Bertz CT molecular complexity index is 673. The quantitative estimate of drug-likeness (QED) is 0.580. The molecule has 2 rings (SSSR count). The van der Waals surface area contributed by atoms with Crippen LogP contribution < -0.4 is 5.01 Å². The Kier molecular flexibility index (Phi) is 3.33. The molecule has 0 unspecified atom stereocenters. The molecule has 1 aliphatic heterocycles. The third-order valence-electron chi connectivity index (χ3n) is 2.56. The van der Waals surface area contributed by atoms with E-state index in [1.165, 1.54) is 0 Å². The van der Waals surface area contributed by atoms with E-state index >= 15 is 0 Å². The summed E-state index contributed by atoms with van der Waals surface area (Å²) in [6.45, 7) is 1.58. The largest absolute Gasteiger partial charge is 0.282 e. The molecule has 0 bridgehead atoms. The van der Waals surface area contributed by atoms with E-state index in [1.807, 2.05) is 0 Å². The fourth-order valence-electron chi connectivity index (χ4n) is 1.69. The number of nitrogens with zero attached hydrogens (tertiary/aromatic N) is 4. The maximum atomic E-state index is 12.2. The summed E-state index contributed by atoms with van der Waals surface area (Å²) in [4.78, 5) is 12.2. The minimum atomic E-state index is -0.488. The molecule has 0 saturated carbocycles. The van der Waals surface area contributed by atoms with Crippen molar-refractivity contribution in [2.45, 2.75) is 6.92 Å². The third kappa shape index (κ3) is 2.20. The van der Waals surface area contributed by atoms with Gasteiger partial charge in [-0.05, 0) is 31.2 Å². The van der Waals surface area contributed by atoms with Crippen molar-refractivity contribution in [1.29, 1.82) is 10.5 Å². The van der Waals surface area contributed by atoms with Crippen LogP contribution in [0.2, 0.25) is 5.02 Å². The van der Waals surface area contributed by atoms with E-state index in [-0.39, 0.29) is 11.1 Å². The zero-order valence-electron chi connectivity index (χ0n) is 9.88. The maximum absolute atomic E-state index is 12.2. The zero-order chi connectivity index (χ0) is 14.0. The molecule has 1 heterocycles. The van der Waals surface area contributed by atoms with Gasteiger partial charge in [0, 0.05) is 5.02 Å². The number of hydrogen-bond donors (Lipinski definition) is 0. The van der Waals surface area contributed by atoms with Gasteiger partial charge >= 0.3 is 0 Å². The number of hydrazone groups is 1. The minimum Gasteiger partial charge on any atom is -0.267 e. The second-order valence-corrected chi connectivity index (χ2v) is 4.19. The molecule has 0 aromatic heterocycles. The molecule has 1 aromatic rings. The smallest absolute Gasteiger partial charge is 0.267 e. The van der Waals surface area contributed by atoms with Gasteiger partial charge < -0.3 is 0 Å². The highest BCUT2D eigenvalue weighted by Crippen LogP contribution is 2.26. The van der Waals surface area contributed by atoms with Crippen LogP contribution in [0.4, 0.5) is 5.69 Å². The monoisotopic (exact) mass is 270 g/mol. The molecule has 0 saturated heterocycles. The van der Waals surface area contributed by atoms with Crippen molar-refractivity contribution in [1.82, 2.24) is 0 Å². The zero-order valence-corrected chi connectivity index (χ0v) is 10.6. The standard InChI is InChI=1S/C13H7ClN4O/c1-8-12(9(6-15)7-16)13(19)18(17-8)11-4-2-10(14)3-5-11/h2-5H,1H3. The Morgan fingerprint density at radius 3 is 2.37 bits per heavy atom. The summed E-state index contributed by atoms with van der Waals surface area (Å²) >= 11 is 5.77. The van der Waals surface area contributed by atoms with Crippen LogP contribution in [0, 0.1) is 22.7 Å². The molecule has 6 heteroatoms. The molecule has 0 atom stereocenters. The molecule has 0 spiro atoms. The first-order valence-electron chi connectivity index (χ1n) is 5.28. The molecular weight excluding hydrogens is 264 g/mol. The number of carbonyl (C=O) groups excluding carboxylic acids is 1. The Morgan fingerprint density at radius 1 is 1.26 bits per heavy atom. The second kappa shape index (κ2) is 4.93. The Morgan fingerprint density at radius 2 is 1.84 bits per heavy atom. The number of benzene rings is 1. The first-order chi connectivity index (χ1) is 9.08. The van der Waals surface area contributed by atoms with Crippen molar-refractivity contribution in [2.24, 2.45) is 5.10 Å². The predicted molar refractivity (Wildman–Crippen MR) is 70.3 cm³/mol. The Labute approximate surface area is 114 Å². The summed E-state index contributed by atoms with van der Waals surface area (Å²) in [5.41, 5.74) is 0.680. The molecule has 1 aromatic carbocycles. The van der Waals surface area contributed by atoms with Gasteiger partial charge in [-0.25, -0.2) is 0 Å². The first-order valence-corrected chi connectivity index (χ1v) is 5.66. The topological polar surface area (TPSA) is 80.2 Å². The average Bonchev–Trinajstić information content (AvgIpc) is 2.69. The molecule has 1 aliphatic rings. The van der Waals surface area contributed by atoms with Gasteiger partial charge in [-0.15, -0.1) is 0 Å². The highest BCUT2D eigenvalue weighted by atomic mass is 35.5. The van der Waals surface area contributed by atoms with Crippen molar-refractivity contribution < 1.29 is 4.79 Å². The van der Waals surface area contributed by atoms with Crippen molar-refractivity contribution in [3.05, 3.63) is 40.4 Å². The normalized spacial score (nSPS) is 13.9. The highest BCUT2D eigenvalue weighted by molar-refractivity contribution is 6.32. The number of rotatable bonds is 1. The number of hydrogen-bond acceptors (Lipinski definition) is 4. The number of halogens is 1. The van der Waals surface area contributed by atoms with Gasteiger partial charge in [0.05, 0.1) is 17.0 Å². The van der Waals surface area contributed by atoms with Gasteiger partial charge in [-0.2, -0.15) is 20.6 Å². The molecule has 5 nitrogen and oxygen atoms in total. The summed E-state index contributed by atoms with van der Waals surface area (Å²) in [5, 5.41) is 23.4. The first kappa shape index (κ1) is 12.8. The van der Waals surface area contributed by atoms with Gasteiger partial charge in [0.25, 0.3) is 5.91 Å². The Hall–Kier alpha value is -2.63. The summed E-state index contributed by atoms with van der Waals surface area (Å²) in [5.74, 6) is -0.488. The van der Waals surface area contributed by atoms with E-state index in [1.54, 1.807) is 43.3 Å². The van der Waals surface area contributed by atoms with Crippen molar-refractivity contribution >= 4 is 28.9 Å². The van der Waals surface area contributed by atoms with Crippen LogP contribution in [0.25, 0.3) is 0 Å². The van der Waals surface area contributed by atoms with E-state index in [4.69, 9.17) is 22.1 Å². The van der Waals surface area contributed by atoms with Crippen LogP contribution in [0.15, 0.2) is 40.5 Å². The van der Waals surface area contributed by atoms with Crippen LogP contribution in [-0.4, -0.2) is 11.6 Å². The van der Waals surface area contributed by atoms with Crippen LogP contribution in [-0.2, 0) is 4.79 Å². The lowest BCUT2D eigenvalue weighted by molar-refractivity contribution is -0.114. The number of anilines is 1. The van der Waals surface area contributed by atoms with Gasteiger partial charge in [-0.3, -0.25) is 4.79 Å². The van der Waals surface area contributed by atoms with Gasteiger partial charge in [0.15, 0.2) is 0 Å². The van der Waals surface area contributed by atoms with Crippen molar-refractivity contribution in [3.63, 3.8) is 0 Å². The Balaban J connectivity index is 2.48. The number of nitriles is 2. The minimum absolute atomic E-state index is 0.0416. The SMILES string of the molecule is CC1=NN(c2ccc(Cl)cc2)C(=O)C1=C(C#N)C#N. The summed E-state index contributed by atoms with van der Waals surface area (Å²) < 4.78 is 0. The van der Waals surface area contributed by atoms with Gasteiger partial charge in [0.2, 0.25) is 0 Å². The average molecular weight is 271 g/mol. The van der Waals surface area contributed by atoms with Gasteiger partial charge in [-0.1, -0.05) is 11.6 Å². The molecule has 0 aliphatic carbocycles. The van der Waals surface area contributed by atoms with Crippen molar-refractivity contribution in [3.8, 4) is 12.1 Å². The van der Waals surface area contributed by atoms with E-state index in [0.717, 1.165) is 5.01 Å². The van der Waals surface area contributed by atoms with E-state index < -0.39 is 5.91 Å². The molecule has 0 fully saturated rings. The van der Waals surface area contributed by atoms with Crippen LogP contribution in [0.1, 0.15) is 6.92 Å². The fraction of sp³-hybridized carbons (Fsp3) is 0.0769. The lowest BCUT2D eigenvalue weighted by Crippen LogP contribution is -2.22. The molecule has 0 N–H and O–H groups in total. The van der Waals surface area contributed by atoms with E-state index in [0.29, 0.717) is 16.4 Å². The lowest BCUT2D eigenvalue weighted by atomic mass is 10.1. The van der Waals surface area contributed by atoms with Crippen LogP contribution in [0.3, 0.4) is 0 Å². The fourth-order valence-corrected chi connectivity index (χ4v) is 1.81. The molecule has 0 radical (unpaired) electrons. The second-order valence-electron chi connectivity index (χ2n) is 3.75. The number of amides is 1. The summed E-state index contributed by atoms with van der Waals surface area (Å²) in [7, 11) is 0. The predicted octanol–water partition coefficient (Wildman–Crippen LogP) is 2.41. The van der Waals surface area contributed by atoms with E-state index in [9.17, 15) is 4.79 Å². The number of carbonyl (C=O) groups is 1.